The van der Waals surface area contributed by atoms with Gasteiger partial charge in [-0.3, -0.25) is 9.78 Å². The average molecular weight is 297 g/mol. The standard InChI is InChI=1S/C16H25ClN2O/c1-3-5-7-11-19(12-8-6-4-2)16(20)14-13-18-10-9-15(14)17/h9-10,13H,3-8,11-12H2,1-2H3. The fraction of sp³-hybridized carbons (Fsp3) is 0.625. The van der Waals surface area contributed by atoms with Crippen LogP contribution in [-0.2, 0) is 0 Å². The maximum atomic E-state index is 12.6. The molecule has 0 aliphatic heterocycles. The maximum Gasteiger partial charge on any atom is 0.256 e. The number of unbranched alkanes of at least 4 members (excludes halogenated alkanes) is 4. The molecule has 0 saturated carbocycles. The van der Waals surface area contributed by atoms with Gasteiger partial charge >= 0.3 is 0 Å². The van der Waals surface area contributed by atoms with Crippen LogP contribution in [0, 0.1) is 0 Å². The van der Waals surface area contributed by atoms with E-state index in [4.69, 9.17) is 11.6 Å². The number of aromatic nitrogens is 1. The highest BCUT2D eigenvalue weighted by Gasteiger charge is 2.17. The smallest absolute Gasteiger partial charge is 0.256 e. The molecule has 112 valence electrons. The van der Waals surface area contributed by atoms with Crippen molar-refractivity contribution >= 4 is 17.5 Å². The van der Waals surface area contributed by atoms with E-state index in [1.807, 2.05) is 4.90 Å². The Kier molecular flexibility index (Phi) is 8.28. The summed E-state index contributed by atoms with van der Waals surface area (Å²) >= 11 is 6.10. The third kappa shape index (κ3) is 5.49. The predicted octanol–water partition coefficient (Wildman–Crippen LogP) is 4.56. The summed E-state index contributed by atoms with van der Waals surface area (Å²) in [6, 6.07) is 1.67. The van der Waals surface area contributed by atoms with Crippen LogP contribution in [0.15, 0.2) is 18.5 Å². The van der Waals surface area contributed by atoms with Crippen LogP contribution >= 0.6 is 11.6 Å². The molecule has 0 aliphatic carbocycles. The second-order valence-corrected chi connectivity index (χ2v) is 5.47. The second-order valence-electron chi connectivity index (χ2n) is 5.06. The fourth-order valence-electron chi connectivity index (χ4n) is 2.13. The lowest BCUT2D eigenvalue weighted by atomic mass is 10.2. The van der Waals surface area contributed by atoms with Gasteiger partial charge in [0.2, 0.25) is 0 Å². The minimum absolute atomic E-state index is 0.00954. The molecule has 0 bridgehead atoms. The number of halogens is 1. The first-order chi connectivity index (χ1) is 9.70. The number of carbonyl (C=O) groups is 1. The van der Waals surface area contributed by atoms with E-state index in [9.17, 15) is 4.79 Å². The van der Waals surface area contributed by atoms with E-state index in [-0.39, 0.29) is 5.91 Å². The molecular weight excluding hydrogens is 272 g/mol. The van der Waals surface area contributed by atoms with Crippen LogP contribution in [0.3, 0.4) is 0 Å². The second kappa shape index (κ2) is 9.76. The Morgan fingerprint density at radius 1 is 1.15 bits per heavy atom. The van der Waals surface area contributed by atoms with Crippen molar-refractivity contribution in [3.8, 4) is 0 Å². The normalized spacial score (nSPS) is 10.6. The molecule has 1 heterocycles. The van der Waals surface area contributed by atoms with Crippen LogP contribution < -0.4 is 0 Å². The molecule has 4 heteroatoms. The molecule has 0 fully saturated rings. The van der Waals surface area contributed by atoms with Crippen molar-refractivity contribution in [2.75, 3.05) is 13.1 Å². The van der Waals surface area contributed by atoms with E-state index in [2.05, 4.69) is 18.8 Å². The largest absolute Gasteiger partial charge is 0.339 e. The van der Waals surface area contributed by atoms with Crippen LogP contribution in [0.5, 0.6) is 0 Å². The van der Waals surface area contributed by atoms with E-state index in [1.165, 1.54) is 0 Å². The summed E-state index contributed by atoms with van der Waals surface area (Å²) in [7, 11) is 0. The van der Waals surface area contributed by atoms with E-state index < -0.39 is 0 Å². The Hall–Kier alpha value is -1.09. The summed E-state index contributed by atoms with van der Waals surface area (Å²) in [5, 5.41) is 0.487. The van der Waals surface area contributed by atoms with Gasteiger partial charge in [-0.05, 0) is 18.9 Å². The number of rotatable bonds is 9. The predicted molar refractivity (Wildman–Crippen MR) is 84.2 cm³/mol. The fourth-order valence-corrected chi connectivity index (χ4v) is 2.31. The Bertz CT molecular complexity index is 399. The van der Waals surface area contributed by atoms with E-state index >= 15 is 0 Å². The highest BCUT2D eigenvalue weighted by Crippen LogP contribution is 2.17. The van der Waals surface area contributed by atoms with Crippen molar-refractivity contribution in [2.24, 2.45) is 0 Å². The minimum atomic E-state index is 0.00954. The summed E-state index contributed by atoms with van der Waals surface area (Å²) in [5.41, 5.74) is 0.516. The van der Waals surface area contributed by atoms with Crippen molar-refractivity contribution in [2.45, 2.75) is 52.4 Å². The van der Waals surface area contributed by atoms with Gasteiger partial charge in [-0.15, -0.1) is 0 Å². The number of nitrogens with zero attached hydrogens (tertiary/aromatic N) is 2. The number of pyridine rings is 1. The molecule has 0 atom stereocenters. The Morgan fingerprint density at radius 2 is 1.75 bits per heavy atom. The molecule has 1 aromatic rings. The zero-order chi connectivity index (χ0) is 14.8. The van der Waals surface area contributed by atoms with Gasteiger partial charge in [0.1, 0.15) is 0 Å². The topological polar surface area (TPSA) is 33.2 Å². The Balaban J connectivity index is 2.69. The molecule has 0 N–H and O–H groups in total. The van der Waals surface area contributed by atoms with E-state index in [0.717, 1.165) is 51.6 Å². The molecule has 0 aliphatic rings. The van der Waals surface area contributed by atoms with Crippen LogP contribution in [0.2, 0.25) is 5.02 Å². The van der Waals surface area contributed by atoms with Gasteiger partial charge in [-0.1, -0.05) is 51.1 Å². The van der Waals surface area contributed by atoms with Crippen LogP contribution in [0.4, 0.5) is 0 Å². The van der Waals surface area contributed by atoms with Gasteiger partial charge in [0.05, 0.1) is 10.6 Å². The molecule has 1 amide bonds. The minimum Gasteiger partial charge on any atom is -0.339 e. The van der Waals surface area contributed by atoms with Crippen molar-refractivity contribution in [1.29, 1.82) is 0 Å². The maximum absolute atomic E-state index is 12.6. The first-order valence-electron chi connectivity index (χ1n) is 7.59. The first kappa shape index (κ1) is 17.0. The summed E-state index contributed by atoms with van der Waals surface area (Å²) in [6.45, 7) is 5.95. The Labute approximate surface area is 127 Å². The molecule has 3 nitrogen and oxygen atoms in total. The summed E-state index contributed by atoms with van der Waals surface area (Å²) in [6.07, 6.45) is 9.89. The molecule has 0 aromatic carbocycles. The van der Waals surface area contributed by atoms with Crippen molar-refractivity contribution in [3.05, 3.63) is 29.0 Å². The van der Waals surface area contributed by atoms with Gasteiger partial charge < -0.3 is 4.90 Å². The zero-order valence-electron chi connectivity index (χ0n) is 12.6. The van der Waals surface area contributed by atoms with Crippen LogP contribution in [-0.4, -0.2) is 28.9 Å². The summed E-state index contributed by atoms with van der Waals surface area (Å²) < 4.78 is 0. The quantitative estimate of drug-likeness (QED) is 0.626. The molecule has 1 rings (SSSR count). The Morgan fingerprint density at radius 3 is 2.25 bits per heavy atom. The van der Waals surface area contributed by atoms with Crippen molar-refractivity contribution < 1.29 is 4.79 Å². The SMILES string of the molecule is CCCCCN(CCCCC)C(=O)c1cnccc1Cl. The lowest BCUT2D eigenvalue weighted by molar-refractivity contribution is 0.0749. The summed E-state index contributed by atoms with van der Waals surface area (Å²) in [5.74, 6) is 0.00954. The third-order valence-electron chi connectivity index (χ3n) is 3.35. The zero-order valence-corrected chi connectivity index (χ0v) is 13.3. The van der Waals surface area contributed by atoms with Gasteiger partial charge in [-0.25, -0.2) is 0 Å². The molecule has 1 aromatic heterocycles. The monoisotopic (exact) mass is 296 g/mol. The van der Waals surface area contributed by atoms with Crippen molar-refractivity contribution in [1.82, 2.24) is 9.88 Å². The van der Waals surface area contributed by atoms with Crippen molar-refractivity contribution in [3.63, 3.8) is 0 Å². The van der Waals surface area contributed by atoms with Crippen LogP contribution in [0.25, 0.3) is 0 Å². The third-order valence-corrected chi connectivity index (χ3v) is 3.68. The molecule has 0 unspecified atom stereocenters. The number of amides is 1. The van der Waals surface area contributed by atoms with Gasteiger partial charge in [0.25, 0.3) is 5.91 Å². The highest BCUT2D eigenvalue weighted by molar-refractivity contribution is 6.33. The van der Waals surface area contributed by atoms with E-state index in [0.29, 0.717) is 10.6 Å². The lowest BCUT2D eigenvalue weighted by Crippen LogP contribution is -2.33. The van der Waals surface area contributed by atoms with Gasteiger partial charge in [0, 0.05) is 25.5 Å². The molecular formula is C16H25ClN2O. The molecule has 0 saturated heterocycles. The number of hydrogen-bond acceptors (Lipinski definition) is 2. The molecule has 0 spiro atoms. The summed E-state index contributed by atoms with van der Waals surface area (Å²) in [4.78, 5) is 18.5. The lowest BCUT2D eigenvalue weighted by Gasteiger charge is -2.23. The first-order valence-corrected chi connectivity index (χ1v) is 7.97. The average Bonchev–Trinajstić information content (AvgIpc) is 2.46. The van der Waals surface area contributed by atoms with Gasteiger partial charge in [0.15, 0.2) is 0 Å². The number of carbonyl (C=O) groups excluding carboxylic acids is 1. The molecule has 20 heavy (non-hydrogen) atoms. The number of hydrogen-bond donors (Lipinski definition) is 0. The van der Waals surface area contributed by atoms with Gasteiger partial charge in [-0.2, -0.15) is 0 Å². The van der Waals surface area contributed by atoms with E-state index in [1.54, 1.807) is 18.5 Å². The molecule has 0 radical (unpaired) electrons. The van der Waals surface area contributed by atoms with Crippen LogP contribution in [0.1, 0.15) is 62.7 Å². The highest BCUT2D eigenvalue weighted by atomic mass is 35.5.